The summed E-state index contributed by atoms with van der Waals surface area (Å²) in [5.74, 6) is -0.262. The van der Waals surface area contributed by atoms with Gasteiger partial charge in [-0.3, -0.25) is 0 Å². The Morgan fingerprint density at radius 1 is 1.20 bits per heavy atom. The maximum atomic E-state index is 11.5. The molecule has 0 saturated heterocycles. The summed E-state index contributed by atoms with van der Waals surface area (Å²) in [5.41, 5.74) is 2.77. The number of ether oxygens (including phenoxy) is 1. The van der Waals surface area contributed by atoms with E-state index in [-0.39, 0.29) is 5.97 Å². The fourth-order valence-electron chi connectivity index (χ4n) is 1.25. The van der Waals surface area contributed by atoms with Crippen LogP contribution in [0.1, 0.15) is 28.4 Å². The highest BCUT2D eigenvalue weighted by atomic mass is 79.9. The molecule has 0 spiro atoms. The fourth-order valence-corrected chi connectivity index (χ4v) is 1.90. The van der Waals surface area contributed by atoms with Crippen molar-refractivity contribution in [3.8, 4) is 0 Å². The lowest BCUT2D eigenvalue weighted by atomic mass is 10.1. The van der Waals surface area contributed by atoms with Gasteiger partial charge in [-0.25, -0.2) is 4.79 Å². The SMILES string of the molecule is CCOC(=O)c1cc(CBr)cc(CBr)c1. The van der Waals surface area contributed by atoms with Crippen molar-refractivity contribution >= 4 is 37.8 Å². The summed E-state index contributed by atoms with van der Waals surface area (Å²) in [6.45, 7) is 2.21. The molecule has 0 heterocycles. The van der Waals surface area contributed by atoms with Gasteiger partial charge in [-0.15, -0.1) is 0 Å². The van der Waals surface area contributed by atoms with Crippen molar-refractivity contribution in [1.82, 2.24) is 0 Å². The van der Waals surface area contributed by atoms with Crippen LogP contribution in [0.25, 0.3) is 0 Å². The largest absolute Gasteiger partial charge is 0.462 e. The molecule has 0 atom stereocenters. The molecule has 0 aromatic heterocycles. The zero-order valence-corrected chi connectivity index (χ0v) is 11.6. The normalized spacial score (nSPS) is 10.1. The summed E-state index contributed by atoms with van der Waals surface area (Å²) < 4.78 is 4.96. The second-order valence-corrected chi connectivity index (χ2v) is 4.15. The van der Waals surface area contributed by atoms with Gasteiger partial charge in [0.2, 0.25) is 0 Å². The van der Waals surface area contributed by atoms with E-state index in [0.29, 0.717) is 12.2 Å². The number of hydrogen-bond acceptors (Lipinski definition) is 2. The van der Waals surface area contributed by atoms with Gasteiger partial charge in [0.1, 0.15) is 0 Å². The Morgan fingerprint density at radius 2 is 1.73 bits per heavy atom. The Morgan fingerprint density at radius 3 is 2.13 bits per heavy atom. The molecule has 2 nitrogen and oxygen atoms in total. The minimum atomic E-state index is -0.262. The molecule has 0 fully saturated rings. The zero-order valence-electron chi connectivity index (χ0n) is 8.43. The second kappa shape index (κ2) is 6.28. The van der Waals surface area contributed by atoms with Crippen LogP contribution >= 0.6 is 31.9 Å². The van der Waals surface area contributed by atoms with Gasteiger partial charge in [0, 0.05) is 10.7 Å². The molecular formula is C11H12Br2O2. The third-order valence-electron chi connectivity index (χ3n) is 1.87. The topological polar surface area (TPSA) is 26.3 Å². The summed E-state index contributed by atoms with van der Waals surface area (Å²) in [4.78, 5) is 11.5. The van der Waals surface area contributed by atoms with Gasteiger partial charge in [-0.1, -0.05) is 37.9 Å². The molecule has 0 aliphatic heterocycles. The predicted octanol–water partition coefficient (Wildman–Crippen LogP) is 3.65. The minimum absolute atomic E-state index is 0.262. The van der Waals surface area contributed by atoms with E-state index in [1.807, 2.05) is 18.2 Å². The minimum Gasteiger partial charge on any atom is -0.462 e. The molecule has 0 radical (unpaired) electrons. The molecule has 0 saturated carbocycles. The second-order valence-electron chi connectivity index (χ2n) is 3.03. The van der Waals surface area contributed by atoms with E-state index in [9.17, 15) is 4.79 Å². The molecule has 0 aliphatic carbocycles. The van der Waals surface area contributed by atoms with Crippen LogP contribution in [0.2, 0.25) is 0 Å². The van der Waals surface area contributed by atoms with Crippen LogP contribution in [0.3, 0.4) is 0 Å². The first-order valence-electron chi connectivity index (χ1n) is 4.63. The highest BCUT2D eigenvalue weighted by Gasteiger charge is 2.08. The number of esters is 1. The van der Waals surface area contributed by atoms with E-state index < -0.39 is 0 Å². The van der Waals surface area contributed by atoms with Gasteiger partial charge < -0.3 is 4.74 Å². The lowest BCUT2D eigenvalue weighted by Crippen LogP contribution is -2.05. The standard InChI is InChI=1S/C11H12Br2O2/c1-2-15-11(14)10-4-8(6-12)3-9(5-10)7-13/h3-5H,2,6-7H2,1H3. The Labute approximate surface area is 106 Å². The third-order valence-corrected chi connectivity index (χ3v) is 3.17. The first kappa shape index (κ1) is 12.7. The summed E-state index contributed by atoms with van der Waals surface area (Å²) in [7, 11) is 0. The molecule has 15 heavy (non-hydrogen) atoms. The smallest absolute Gasteiger partial charge is 0.338 e. The molecule has 82 valence electrons. The van der Waals surface area contributed by atoms with Gasteiger partial charge in [-0.2, -0.15) is 0 Å². The molecule has 1 aromatic carbocycles. The van der Waals surface area contributed by atoms with E-state index in [1.54, 1.807) is 6.92 Å². The van der Waals surface area contributed by atoms with Crippen LogP contribution in [0.5, 0.6) is 0 Å². The monoisotopic (exact) mass is 334 g/mol. The summed E-state index contributed by atoms with van der Waals surface area (Å²) >= 11 is 6.75. The lowest BCUT2D eigenvalue weighted by Gasteiger charge is -2.06. The van der Waals surface area contributed by atoms with Crippen molar-refractivity contribution in [2.45, 2.75) is 17.6 Å². The lowest BCUT2D eigenvalue weighted by molar-refractivity contribution is 0.0526. The van der Waals surface area contributed by atoms with E-state index >= 15 is 0 Å². The van der Waals surface area contributed by atoms with Gasteiger partial charge in [0.25, 0.3) is 0 Å². The van der Waals surface area contributed by atoms with Crippen molar-refractivity contribution in [1.29, 1.82) is 0 Å². The van der Waals surface area contributed by atoms with E-state index in [4.69, 9.17) is 4.74 Å². The molecule has 0 unspecified atom stereocenters. The van der Waals surface area contributed by atoms with Crippen LogP contribution in [-0.4, -0.2) is 12.6 Å². The summed E-state index contributed by atoms with van der Waals surface area (Å²) in [6.07, 6.45) is 0. The highest BCUT2D eigenvalue weighted by Crippen LogP contribution is 2.16. The number of benzene rings is 1. The molecule has 0 bridgehead atoms. The number of rotatable bonds is 4. The highest BCUT2D eigenvalue weighted by molar-refractivity contribution is 9.08. The molecule has 0 N–H and O–H groups in total. The average Bonchev–Trinajstić information content (AvgIpc) is 2.28. The van der Waals surface area contributed by atoms with Crippen LogP contribution in [0, 0.1) is 0 Å². The Hall–Kier alpha value is -0.350. The number of carbonyl (C=O) groups is 1. The van der Waals surface area contributed by atoms with Gasteiger partial charge >= 0.3 is 5.97 Å². The van der Waals surface area contributed by atoms with Gasteiger partial charge in [0.05, 0.1) is 12.2 Å². The molecular weight excluding hydrogens is 324 g/mol. The van der Waals surface area contributed by atoms with Crippen LogP contribution in [-0.2, 0) is 15.4 Å². The van der Waals surface area contributed by atoms with Gasteiger partial charge in [0.15, 0.2) is 0 Å². The Balaban J connectivity index is 3.01. The zero-order chi connectivity index (χ0) is 11.3. The van der Waals surface area contributed by atoms with Crippen LogP contribution in [0.15, 0.2) is 18.2 Å². The van der Waals surface area contributed by atoms with E-state index in [2.05, 4.69) is 31.9 Å². The third kappa shape index (κ3) is 3.61. The number of carbonyl (C=O) groups excluding carboxylic acids is 1. The first-order chi connectivity index (χ1) is 7.21. The predicted molar refractivity (Wildman–Crippen MR) is 67.7 cm³/mol. The van der Waals surface area contributed by atoms with Crippen molar-refractivity contribution in [3.63, 3.8) is 0 Å². The Bertz CT molecular complexity index is 328. The fraction of sp³-hybridized carbons (Fsp3) is 0.364. The maximum Gasteiger partial charge on any atom is 0.338 e. The molecule has 4 heteroatoms. The molecule has 1 aromatic rings. The van der Waals surface area contributed by atoms with Crippen molar-refractivity contribution in [2.75, 3.05) is 6.61 Å². The van der Waals surface area contributed by atoms with E-state index in [1.165, 1.54) is 0 Å². The van der Waals surface area contributed by atoms with Crippen LogP contribution < -0.4 is 0 Å². The van der Waals surface area contributed by atoms with E-state index in [0.717, 1.165) is 21.8 Å². The number of alkyl halides is 2. The summed E-state index contributed by atoms with van der Waals surface area (Å²) in [6, 6.07) is 5.74. The maximum absolute atomic E-state index is 11.5. The molecule has 0 amide bonds. The van der Waals surface area contributed by atoms with Crippen LogP contribution in [0.4, 0.5) is 0 Å². The first-order valence-corrected chi connectivity index (χ1v) is 6.87. The quantitative estimate of drug-likeness (QED) is 0.620. The average molecular weight is 336 g/mol. The van der Waals surface area contributed by atoms with Crippen molar-refractivity contribution in [3.05, 3.63) is 34.9 Å². The number of halogens is 2. The van der Waals surface area contributed by atoms with Gasteiger partial charge in [-0.05, 0) is 30.2 Å². The van der Waals surface area contributed by atoms with Crippen molar-refractivity contribution in [2.24, 2.45) is 0 Å². The van der Waals surface area contributed by atoms with Crippen molar-refractivity contribution < 1.29 is 9.53 Å². The molecule has 1 rings (SSSR count). The molecule has 0 aliphatic rings. The summed E-state index contributed by atoms with van der Waals surface area (Å²) in [5, 5.41) is 1.47. The Kier molecular flexibility index (Phi) is 5.32. The number of hydrogen-bond donors (Lipinski definition) is 0.